The Kier molecular flexibility index (Phi) is 7.10. The first kappa shape index (κ1) is 23.1. The minimum atomic E-state index is -0.836. The van der Waals surface area contributed by atoms with Gasteiger partial charge in [0, 0.05) is 45.9 Å². The van der Waals surface area contributed by atoms with Gasteiger partial charge >= 0.3 is 0 Å². The molecule has 2 amide bonds. The number of halogens is 1. The Hall–Kier alpha value is -2.06. The van der Waals surface area contributed by atoms with Crippen molar-refractivity contribution >= 4 is 56.8 Å². The molecule has 0 aliphatic carbocycles. The van der Waals surface area contributed by atoms with Gasteiger partial charge in [0.15, 0.2) is 0 Å². The van der Waals surface area contributed by atoms with Crippen molar-refractivity contribution in [2.75, 3.05) is 25.9 Å². The van der Waals surface area contributed by atoms with Crippen LogP contribution in [0.4, 0.5) is 0 Å². The van der Waals surface area contributed by atoms with E-state index in [0.717, 1.165) is 21.4 Å². The summed E-state index contributed by atoms with van der Waals surface area (Å²) in [5.41, 5.74) is 0.859. The molecule has 1 N–H and O–H groups in total. The van der Waals surface area contributed by atoms with E-state index in [1.807, 2.05) is 72.8 Å². The van der Waals surface area contributed by atoms with E-state index in [-0.39, 0.29) is 11.8 Å². The average molecular weight is 488 g/mol. The van der Waals surface area contributed by atoms with Gasteiger partial charge in [0.2, 0.25) is 5.91 Å². The average Bonchev–Trinajstić information content (AvgIpc) is 3.22. The number of benzene rings is 2. The van der Waals surface area contributed by atoms with Crippen molar-refractivity contribution in [2.24, 2.45) is 0 Å². The van der Waals surface area contributed by atoms with Crippen molar-refractivity contribution in [3.8, 4) is 0 Å². The number of carbonyl (C=O) groups is 2. The second-order valence-electron chi connectivity index (χ2n) is 8.03. The lowest BCUT2D eigenvalue weighted by Gasteiger charge is -2.51. The zero-order valence-electron chi connectivity index (χ0n) is 18.1. The zero-order valence-corrected chi connectivity index (χ0v) is 20.5. The molecular formula is C24H26ClN3O2S2. The summed E-state index contributed by atoms with van der Waals surface area (Å²) in [4.78, 5) is 30.8. The number of nitrogens with one attached hydrogen (secondary N) is 1. The summed E-state index contributed by atoms with van der Waals surface area (Å²) < 4.78 is 4.14. The number of thiophene rings is 1. The van der Waals surface area contributed by atoms with Crippen molar-refractivity contribution in [1.29, 1.82) is 0 Å². The summed E-state index contributed by atoms with van der Waals surface area (Å²) >= 11 is 9.15. The van der Waals surface area contributed by atoms with Crippen molar-refractivity contribution in [2.45, 2.75) is 25.4 Å². The Balaban J connectivity index is 1.56. The van der Waals surface area contributed by atoms with Gasteiger partial charge in [-0.25, -0.2) is 0 Å². The number of likely N-dealkylation sites (tertiary alicyclic amines) is 1. The number of nitrogens with zero attached hydrogens (tertiary/aromatic N) is 2. The molecule has 1 saturated heterocycles. The van der Waals surface area contributed by atoms with Gasteiger partial charge in [-0.2, -0.15) is 0 Å². The molecule has 3 aromatic rings. The minimum absolute atomic E-state index is 0.0108. The third-order valence-electron chi connectivity index (χ3n) is 6.02. The van der Waals surface area contributed by atoms with Crippen LogP contribution in [0, 0.1) is 0 Å². The highest BCUT2D eigenvalue weighted by Crippen LogP contribution is 2.36. The Bertz CT molecular complexity index is 1120. The van der Waals surface area contributed by atoms with Gasteiger partial charge in [0.1, 0.15) is 5.54 Å². The smallest absolute Gasteiger partial charge is 0.256 e. The fourth-order valence-electron chi connectivity index (χ4n) is 4.06. The number of fused-ring (bicyclic) bond motifs is 1. The highest BCUT2D eigenvalue weighted by molar-refractivity contribution is 7.97. The highest BCUT2D eigenvalue weighted by atomic mass is 35.5. The van der Waals surface area contributed by atoms with Gasteiger partial charge in [0.05, 0.1) is 5.56 Å². The number of hydrogen-bond donors (Lipinski definition) is 1. The normalized spacial score (nSPS) is 17.9. The summed E-state index contributed by atoms with van der Waals surface area (Å²) in [7, 11) is 1.87. The van der Waals surface area contributed by atoms with Crippen molar-refractivity contribution in [3.05, 3.63) is 70.1 Å². The van der Waals surface area contributed by atoms with Crippen LogP contribution in [0.5, 0.6) is 0 Å². The van der Waals surface area contributed by atoms with Crippen LogP contribution < -0.4 is 4.72 Å². The lowest BCUT2D eigenvalue weighted by Crippen LogP contribution is -2.67. The molecule has 168 valence electrons. The molecule has 2 heterocycles. The van der Waals surface area contributed by atoms with E-state index in [0.29, 0.717) is 36.6 Å². The SMILES string of the molecule is CNSCCN(Cc1ccc(Cl)cc1)C(=O)C1(C)CCN1C(=O)c1csc2ccccc12. The third-order valence-corrected chi connectivity index (χ3v) is 7.91. The van der Waals surface area contributed by atoms with Gasteiger partial charge in [0.25, 0.3) is 5.91 Å². The maximum atomic E-state index is 13.7. The molecule has 1 unspecified atom stereocenters. The molecule has 1 aromatic heterocycles. The van der Waals surface area contributed by atoms with Gasteiger partial charge < -0.3 is 9.80 Å². The molecule has 0 bridgehead atoms. The summed E-state index contributed by atoms with van der Waals surface area (Å²) in [5, 5.41) is 3.53. The molecule has 1 fully saturated rings. The predicted octanol–water partition coefficient (Wildman–Crippen LogP) is 5.06. The van der Waals surface area contributed by atoms with Gasteiger partial charge in [-0.05, 0) is 44.2 Å². The minimum Gasteiger partial charge on any atom is -0.335 e. The predicted molar refractivity (Wildman–Crippen MR) is 134 cm³/mol. The van der Waals surface area contributed by atoms with Crippen molar-refractivity contribution < 1.29 is 9.59 Å². The van der Waals surface area contributed by atoms with Crippen LogP contribution in [-0.4, -0.2) is 53.0 Å². The van der Waals surface area contributed by atoms with Crippen LogP contribution in [0.15, 0.2) is 53.9 Å². The molecule has 1 aliphatic rings. The molecule has 1 aliphatic heterocycles. The zero-order chi connectivity index (χ0) is 22.7. The van der Waals surface area contributed by atoms with E-state index in [4.69, 9.17) is 11.6 Å². The molecule has 0 radical (unpaired) electrons. The lowest BCUT2D eigenvalue weighted by atomic mass is 9.84. The molecular weight excluding hydrogens is 462 g/mol. The van der Waals surface area contributed by atoms with Gasteiger partial charge in [-0.3, -0.25) is 14.3 Å². The van der Waals surface area contributed by atoms with Crippen LogP contribution in [-0.2, 0) is 11.3 Å². The summed E-state index contributed by atoms with van der Waals surface area (Å²) in [6, 6.07) is 15.5. The number of rotatable bonds is 8. The molecule has 32 heavy (non-hydrogen) atoms. The highest BCUT2D eigenvalue weighted by Gasteiger charge is 2.51. The van der Waals surface area contributed by atoms with Crippen LogP contribution in [0.25, 0.3) is 10.1 Å². The monoisotopic (exact) mass is 487 g/mol. The first-order valence-electron chi connectivity index (χ1n) is 10.5. The van der Waals surface area contributed by atoms with E-state index in [1.165, 1.54) is 0 Å². The molecule has 2 aromatic carbocycles. The maximum Gasteiger partial charge on any atom is 0.256 e. The number of amides is 2. The second-order valence-corrected chi connectivity index (χ2v) is 10.5. The third kappa shape index (κ3) is 4.53. The van der Waals surface area contributed by atoms with Crippen LogP contribution in [0.1, 0.15) is 29.3 Å². The molecule has 5 nitrogen and oxygen atoms in total. The fourth-order valence-corrected chi connectivity index (χ4v) is 5.63. The van der Waals surface area contributed by atoms with E-state index in [1.54, 1.807) is 28.2 Å². The number of hydrogen-bond acceptors (Lipinski definition) is 5. The molecule has 1 atom stereocenters. The fraction of sp³-hybridized carbons (Fsp3) is 0.333. The lowest BCUT2D eigenvalue weighted by molar-refractivity contribution is -0.149. The van der Waals surface area contributed by atoms with Crippen LogP contribution in [0.3, 0.4) is 0 Å². The Morgan fingerprint density at radius 2 is 1.97 bits per heavy atom. The van der Waals surface area contributed by atoms with E-state index in [9.17, 15) is 9.59 Å². The number of carbonyl (C=O) groups excluding carboxylic acids is 2. The van der Waals surface area contributed by atoms with Crippen LogP contribution in [0.2, 0.25) is 5.02 Å². The van der Waals surface area contributed by atoms with E-state index < -0.39 is 5.54 Å². The molecule has 0 spiro atoms. The summed E-state index contributed by atoms with van der Waals surface area (Å²) in [6.07, 6.45) is 0.663. The summed E-state index contributed by atoms with van der Waals surface area (Å²) in [6.45, 7) is 3.56. The topological polar surface area (TPSA) is 52.7 Å². The van der Waals surface area contributed by atoms with Crippen LogP contribution >= 0.6 is 34.9 Å². The Morgan fingerprint density at radius 1 is 1.22 bits per heavy atom. The van der Waals surface area contributed by atoms with Crippen molar-refractivity contribution in [1.82, 2.24) is 14.5 Å². The Morgan fingerprint density at radius 3 is 2.66 bits per heavy atom. The molecule has 4 rings (SSSR count). The standard InChI is InChI=1S/C24H26ClN3O2S2/c1-24(11-12-28(24)22(29)20-16-31-21-6-4-3-5-19(20)21)23(30)27(13-14-32-26-2)15-17-7-9-18(25)10-8-17/h3-10,16,26H,11-15H2,1-2H3. The van der Waals surface area contributed by atoms with Crippen molar-refractivity contribution in [3.63, 3.8) is 0 Å². The molecule has 8 heteroatoms. The van der Waals surface area contributed by atoms with E-state index in [2.05, 4.69) is 4.72 Å². The summed E-state index contributed by atoms with van der Waals surface area (Å²) in [5.74, 6) is 0.679. The first-order valence-corrected chi connectivity index (χ1v) is 12.8. The maximum absolute atomic E-state index is 13.7. The quantitative estimate of drug-likeness (QED) is 0.356. The Labute approximate surface area is 201 Å². The van der Waals surface area contributed by atoms with E-state index >= 15 is 0 Å². The second kappa shape index (κ2) is 9.83. The van der Waals surface area contributed by atoms with Gasteiger partial charge in [-0.1, -0.05) is 53.9 Å². The molecule has 0 saturated carbocycles. The van der Waals surface area contributed by atoms with Gasteiger partial charge in [-0.15, -0.1) is 11.3 Å². The first-order chi connectivity index (χ1) is 15.4. The largest absolute Gasteiger partial charge is 0.335 e.